The predicted octanol–water partition coefficient (Wildman–Crippen LogP) is 8.42. The lowest BCUT2D eigenvalue weighted by Crippen LogP contribution is -2.33. The monoisotopic (exact) mass is 1010 g/mol. The van der Waals surface area contributed by atoms with Gasteiger partial charge in [0.15, 0.2) is 0 Å². The smallest absolute Gasteiger partial charge is 0.140 e. The van der Waals surface area contributed by atoms with E-state index in [1.54, 1.807) is 12.4 Å². The third-order valence-corrected chi connectivity index (χ3v) is 12.2. The fraction of sp³-hybridized carbons (Fsp3) is 0.472. The molecule has 19 heteroatoms. The summed E-state index contributed by atoms with van der Waals surface area (Å²) in [6.45, 7) is 11.2. The normalized spacial score (nSPS) is 15.6. The van der Waals surface area contributed by atoms with Crippen LogP contribution in [0.15, 0.2) is 124 Å². The Kier molecular flexibility index (Phi) is 23.4. The number of anilines is 2. The second kappa shape index (κ2) is 31.1. The first kappa shape index (κ1) is 54.2. The number of thioether (sulfide) groups is 1. The molecule has 3 unspecified atom stereocenters. The summed E-state index contributed by atoms with van der Waals surface area (Å²) in [6.07, 6.45) is 3.83. The third-order valence-electron chi connectivity index (χ3n) is 11.6. The van der Waals surface area contributed by atoms with Crippen LogP contribution in [0.4, 0.5) is 11.4 Å². The van der Waals surface area contributed by atoms with Crippen molar-refractivity contribution in [3.05, 3.63) is 126 Å². The van der Waals surface area contributed by atoms with Gasteiger partial charge in [-0.05, 0) is 65.7 Å². The molecule has 4 aromatic carbocycles. The van der Waals surface area contributed by atoms with Crippen LogP contribution in [0.2, 0.25) is 0 Å². The maximum Gasteiger partial charge on any atom is 0.140 e. The van der Waals surface area contributed by atoms with E-state index in [2.05, 4.69) is 70.9 Å². The van der Waals surface area contributed by atoms with Gasteiger partial charge < -0.3 is 57.6 Å². The van der Waals surface area contributed by atoms with Crippen LogP contribution >= 0.6 is 11.8 Å². The average Bonchev–Trinajstić information content (AvgIpc) is 3.98. The minimum absolute atomic E-state index is 0.119. The van der Waals surface area contributed by atoms with Gasteiger partial charge >= 0.3 is 0 Å². The summed E-state index contributed by atoms with van der Waals surface area (Å²) in [7, 11) is 0. The summed E-state index contributed by atoms with van der Waals surface area (Å²) in [4.78, 5) is 8.56. The van der Waals surface area contributed by atoms with Gasteiger partial charge in [0.1, 0.15) is 30.2 Å². The van der Waals surface area contributed by atoms with Crippen LogP contribution in [0.1, 0.15) is 47.7 Å². The largest absolute Gasteiger partial charge is 0.428 e. The highest BCUT2D eigenvalue weighted by molar-refractivity contribution is 8.03. The SMILES string of the molecule is CCCOCCOCCOCC(COCCOCCOCCO/N=C/c1cn(O)c2ccccc12)OCCOCCOCCN1Cc2ccccc2C2C(N=NN2c2ccc(SC#N)cc2)c2ccccc21. The summed E-state index contributed by atoms with van der Waals surface area (Å²) in [6, 6.07) is 32.0. The molecular weight excluding hydrogens is 943 g/mol. The molecule has 0 aliphatic carbocycles. The molecule has 0 radical (unpaired) electrons. The van der Waals surface area contributed by atoms with E-state index >= 15 is 0 Å². The van der Waals surface area contributed by atoms with Crippen molar-refractivity contribution < 1.29 is 52.7 Å². The van der Waals surface area contributed by atoms with Crippen LogP contribution in [0.3, 0.4) is 0 Å². The molecule has 0 bridgehead atoms. The Labute approximate surface area is 426 Å². The minimum Gasteiger partial charge on any atom is -0.428 e. The molecule has 2 aliphatic heterocycles. The number of ether oxygens (including phenoxy) is 9. The molecule has 3 atom stereocenters. The molecule has 0 spiro atoms. The van der Waals surface area contributed by atoms with E-state index in [0.717, 1.165) is 62.3 Å². The van der Waals surface area contributed by atoms with Gasteiger partial charge in [-0.25, -0.2) is 5.01 Å². The van der Waals surface area contributed by atoms with Gasteiger partial charge in [0.05, 0.1) is 129 Å². The number of oxime groups is 1. The lowest BCUT2D eigenvalue weighted by Gasteiger charge is -2.35. The van der Waals surface area contributed by atoms with Crippen LogP contribution in [-0.2, 0) is 54.0 Å². The standard InChI is InChI=1S/C53H67N7O11S/c1-2-20-62-22-24-64-28-30-68-39-45(40-69-31-29-65-26-27-67-33-35-71-55-36-43-38-59(61)51-14-8-5-10-47(43)51)70-34-32-66-25-23-63-21-19-58-37-42-9-3-4-11-48(42)53-52(49-12-6-7-13-50(49)58)56-57-60(53)44-15-17-46(18-16-44)72-41-54/h3-18,36,38,45,52-53,61H,2,19-35,37,39-40H2,1H3/b55-36+. The molecule has 386 valence electrons. The van der Waals surface area contributed by atoms with E-state index in [1.165, 1.54) is 11.1 Å². The van der Waals surface area contributed by atoms with E-state index < -0.39 is 0 Å². The zero-order valence-corrected chi connectivity index (χ0v) is 41.9. The Morgan fingerprint density at radius 2 is 1.29 bits per heavy atom. The summed E-state index contributed by atoms with van der Waals surface area (Å²) in [5.74, 6) is 0. The number of aromatic nitrogens is 1. The number of para-hydroxylation sites is 2. The number of hydrogen-bond acceptors (Lipinski definition) is 18. The molecule has 3 heterocycles. The van der Waals surface area contributed by atoms with Gasteiger partial charge in [-0.3, -0.25) is 0 Å². The molecule has 0 saturated carbocycles. The summed E-state index contributed by atoms with van der Waals surface area (Å²) < 4.78 is 53.3. The molecule has 0 amide bonds. The fourth-order valence-corrected chi connectivity index (χ4v) is 8.59. The Morgan fingerprint density at radius 3 is 2.00 bits per heavy atom. The fourth-order valence-electron chi connectivity index (χ4n) is 8.21. The second-order valence-electron chi connectivity index (χ2n) is 16.6. The minimum atomic E-state index is -0.304. The van der Waals surface area contributed by atoms with E-state index in [9.17, 15) is 5.21 Å². The molecule has 72 heavy (non-hydrogen) atoms. The van der Waals surface area contributed by atoms with Gasteiger partial charge in [-0.2, -0.15) is 15.1 Å². The summed E-state index contributed by atoms with van der Waals surface area (Å²) in [5, 5.41) is 37.8. The number of hydrogen-bond donors (Lipinski definition) is 1. The maximum atomic E-state index is 10.0. The van der Waals surface area contributed by atoms with Crippen molar-refractivity contribution >= 4 is 40.3 Å². The van der Waals surface area contributed by atoms with Crippen molar-refractivity contribution in [3.63, 3.8) is 0 Å². The van der Waals surface area contributed by atoms with Crippen molar-refractivity contribution in [1.29, 1.82) is 5.26 Å². The lowest BCUT2D eigenvalue weighted by atomic mass is 9.87. The number of benzene rings is 4. The summed E-state index contributed by atoms with van der Waals surface area (Å²) >= 11 is 1.14. The Bertz CT molecular complexity index is 2440. The highest BCUT2D eigenvalue weighted by Crippen LogP contribution is 2.49. The van der Waals surface area contributed by atoms with Gasteiger partial charge in [-0.15, -0.1) is 0 Å². The number of fused-ring (bicyclic) bond motifs is 6. The van der Waals surface area contributed by atoms with Crippen molar-refractivity contribution in [2.45, 2.75) is 43.0 Å². The van der Waals surface area contributed by atoms with E-state index in [-0.39, 0.29) is 24.8 Å². The highest BCUT2D eigenvalue weighted by atomic mass is 32.2. The number of rotatable bonds is 35. The maximum absolute atomic E-state index is 10.0. The molecule has 0 fully saturated rings. The Morgan fingerprint density at radius 1 is 0.694 bits per heavy atom. The first-order valence-corrected chi connectivity index (χ1v) is 25.4. The number of thiocyanates is 1. The van der Waals surface area contributed by atoms with Crippen molar-refractivity contribution in [2.24, 2.45) is 15.5 Å². The molecule has 5 aromatic rings. The predicted molar refractivity (Wildman–Crippen MR) is 274 cm³/mol. The van der Waals surface area contributed by atoms with Gasteiger partial charge in [0.2, 0.25) is 0 Å². The van der Waals surface area contributed by atoms with E-state index in [1.807, 2.05) is 53.5 Å². The first-order valence-electron chi connectivity index (χ1n) is 24.6. The Hall–Kier alpha value is -5.63. The molecule has 18 nitrogen and oxygen atoms in total. The first-order chi connectivity index (χ1) is 35.6. The van der Waals surface area contributed by atoms with Crippen LogP contribution in [0.5, 0.6) is 0 Å². The molecule has 1 aromatic heterocycles. The van der Waals surface area contributed by atoms with Gasteiger partial charge in [-0.1, -0.05) is 78.0 Å². The molecule has 1 N–H and O–H groups in total. The quantitative estimate of drug-likeness (QED) is 0.0102. The third kappa shape index (κ3) is 16.7. The Balaban J connectivity index is 0.773. The zero-order chi connectivity index (χ0) is 49.8. The van der Waals surface area contributed by atoms with Crippen LogP contribution < -0.4 is 9.91 Å². The molecule has 7 rings (SSSR count). The lowest BCUT2D eigenvalue weighted by molar-refractivity contribution is -0.0868. The number of nitrogens with zero attached hydrogens (tertiary/aromatic N) is 7. The second-order valence-corrected chi connectivity index (χ2v) is 17.5. The number of nitriles is 1. The van der Waals surface area contributed by atoms with Crippen molar-refractivity contribution in [3.8, 4) is 5.40 Å². The van der Waals surface area contributed by atoms with Crippen LogP contribution in [0.25, 0.3) is 10.9 Å². The zero-order valence-electron chi connectivity index (χ0n) is 41.0. The highest BCUT2D eigenvalue weighted by Gasteiger charge is 2.40. The van der Waals surface area contributed by atoms with Crippen LogP contribution in [0, 0.1) is 10.7 Å². The van der Waals surface area contributed by atoms with Gasteiger partial charge in [0.25, 0.3) is 0 Å². The van der Waals surface area contributed by atoms with Crippen molar-refractivity contribution in [2.75, 3.05) is 135 Å². The van der Waals surface area contributed by atoms with Crippen molar-refractivity contribution in [1.82, 2.24) is 4.73 Å². The molecular formula is C53H67N7O11S. The molecule has 2 aliphatic rings. The van der Waals surface area contributed by atoms with E-state index in [4.69, 9.17) is 63.1 Å². The summed E-state index contributed by atoms with van der Waals surface area (Å²) in [5.41, 5.74) is 6.99. The average molecular weight is 1010 g/mol. The van der Waals surface area contributed by atoms with Gasteiger partial charge in [0, 0.05) is 46.8 Å². The van der Waals surface area contributed by atoms with Crippen LogP contribution in [-0.4, -0.2) is 148 Å². The van der Waals surface area contributed by atoms with E-state index in [0.29, 0.717) is 124 Å². The topological polar surface area (TPSA) is 185 Å². The molecule has 0 saturated heterocycles.